The quantitative estimate of drug-likeness (QED) is 0.232. The van der Waals surface area contributed by atoms with Gasteiger partial charge in [-0.15, -0.1) is 0 Å². The Morgan fingerprint density at radius 2 is 1.82 bits per heavy atom. The zero-order chi connectivity index (χ0) is 34.3. The highest BCUT2D eigenvalue weighted by Crippen LogP contribution is 2.39. The van der Waals surface area contributed by atoms with Crippen molar-refractivity contribution in [2.75, 3.05) is 13.7 Å². The first-order valence-corrected chi connectivity index (χ1v) is 13.0. The maximum absolute atomic E-state index is 13.6. The van der Waals surface area contributed by atoms with Crippen LogP contribution in [0.4, 0.5) is 13.2 Å². The van der Waals surface area contributed by atoms with Crippen molar-refractivity contribution in [1.82, 2.24) is 30.7 Å². The van der Waals surface area contributed by atoms with Gasteiger partial charge in [0.1, 0.15) is 5.76 Å². The van der Waals surface area contributed by atoms with E-state index in [0.29, 0.717) is 5.56 Å². The van der Waals surface area contributed by atoms with E-state index in [1.54, 1.807) is 24.3 Å². The minimum Gasteiger partial charge on any atom is -0.467 e. The minimum atomic E-state index is -4.73. The summed E-state index contributed by atoms with van der Waals surface area (Å²) < 4.78 is 79.7. The molecule has 0 saturated carbocycles. The number of amides is 2. The number of benzene rings is 1. The van der Waals surface area contributed by atoms with Crippen molar-refractivity contribution in [3.05, 3.63) is 77.2 Å². The van der Waals surface area contributed by atoms with Crippen LogP contribution in [0.1, 0.15) is 55.7 Å². The van der Waals surface area contributed by atoms with Gasteiger partial charge in [-0.05, 0) is 39.8 Å². The van der Waals surface area contributed by atoms with Gasteiger partial charge in [0.25, 0.3) is 11.8 Å². The van der Waals surface area contributed by atoms with E-state index in [9.17, 15) is 22.8 Å². The molecule has 0 aliphatic carbocycles. The second-order valence-corrected chi connectivity index (χ2v) is 10.0. The predicted octanol–water partition coefficient (Wildman–Crippen LogP) is 5.52. The number of alkyl halides is 3. The lowest BCUT2D eigenvalue weighted by atomic mass is 10.00. The fraction of sp³-hybridized carbons (Fsp3) is 0.267. The Hall–Kier alpha value is -5.27. The van der Waals surface area contributed by atoms with Crippen molar-refractivity contribution < 1.29 is 40.5 Å². The SMILES string of the molecule is [2H]C([2H])([2H])C(C)(NC(=O)c1cc(-c2cc3c(C(=O)NC)c(-c4ccc(C)cc4)oc3nc2OCC(F)(F)F)cnc1C)c1ncon1. The number of carbonyl (C=O) groups is 2. The van der Waals surface area contributed by atoms with E-state index in [1.807, 2.05) is 6.92 Å². The summed E-state index contributed by atoms with van der Waals surface area (Å²) in [5.74, 6) is -2.15. The number of hydrogen-bond donors (Lipinski definition) is 2. The fourth-order valence-corrected chi connectivity index (χ4v) is 4.38. The van der Waals surface area contributed by atoms with E-state index < -0.39 is 42.9 Å². The van der Waals surface area contributed by atoms with Gasteiger partial charge in [-0.2, -0.15) is 23.1 Å². The van der Waals surface area contributed by atoms with Gasteiger partial charge in [0.2, 0.25) is 18.0 Å². The molecule has 0 saturated heterocycles. The first-order chi connectivity index (χ1) is 22.0. The molecule has 2 N–H and O–H groups in total. The summed E-state index contributed by atoms with van der Waals surface area (Å²) >= 11 is 0. The fourth-order valence-electron chi connectivity index (χ4n) is 4.38. The normalized spacial score (nSPS) is 14.3. The van der Waals surface area contributed by atoms with E-state index in [1.165, 1.54) is 39.2 Å². The standard InChI is InChI=1S/C30H27F3N6O5/c1-15-6-8-17(9-7-15)23-22(25(41)34-5)21-11-20(26(37-27(21)44-23)42-13-30(31,32)33)18-10-19(16(2)35-12-18)24(40)38-29(3,4)28-36-14-43-39-28/h6-12,14H,13H2,1-5H3,(H,34,41)(H,38,40)/i3D3. The van der Waals surface area contributed by atoms with Crippen molar-refractivity contribution in [3.8, 4) is 28.3 Å². The van der Waals surface area contributed by atoms with Gasteiger partial charge < -0.3 is 24.3 Å². The zero-order valence-corrected chi connectivity index (χ0v) is 23.8. The Labute approximate surface area is 253 Å². The number of aryl methyl sites for hydroxylation is 2. The molecule has 0 fully saturated rings. The smallest absolute Gasteiger partial charge is 0.422 e. The van der Waals surface area contributed by atoms with Gasteiger partial charge in [0.05, 0.1) is 27.7 Å². The molecule has 44 heavy (non-hydrogen) atoms. The Morgan fingerprint density at radius 3 is 2.45 bits per heavy atom. The number of nitrogens with zero attached hydrogens (tertiary/aromatic N) is 4. The Balaban J connectivity index is 1.68. The van der Waals surface area contributed by atoms with E-state index >= 15 is 0 Å². The van der Waals surface area contributed by atoms with Crippen molar-refractivity contribution in [2.45, 2.75) is 39.3 Å². The van der Waals surface area contributed by atoms with Crippen LogP contribution in [0, 0.1) is 13.8 Å². The maximum Gasteiger partial charge on any atom is 0.422 e. The van der Waals surface area contributed by atoms with Crippen LogP contribution in [0.3, 0.4) is 0 Å². The van der Waals surface area contributed by atoms with Crippen LogP contribution in [0.2, 0.25) is 0 Å². The number of halogens is 3. The summed E-state index contributed by atoms with van der Waals surface area (Å²) in [6.45, 7) is 0.0164. The van der Waals surface area contributed by atoms with Crippen molar-refractivity contribution >= 4 is 22.9 Å². The lowest BCUT2D eigenvalue weighted by molar-refractivity contribution is -0.154. The van der Waals surface area contributed by atoms with Crippen molar-refractivity contribution in [1.29, 1.82) is 0 Å². The van der Waals surface area contributed by atoms with Crippen LogP contribution in [-0.4, -0.2) is 51.8 Å². The summed E-state index contributed by atoms with van der Waals surface area (Å²) in [5.41, 5.74) is -0.686. The van der Waals surface area contributed by atoms with Gasteiger partial charge >= 0.3 is 6.18 Å². The first kappa shape index (κ1) is 26.4. The van der Waals surface area contributed by atoms with Crippen LogP contribution in [0.25, 0.3) is 33.6 Å². The number of nitrogens with one attached hydrogen (secondary N) is 2. The average Bonchev–Trinajstić information content (AvgIpc) is 3.68. The average molecular weight is 612 g/mol. The van der Waals surface area contributed by atoms with E-state index in [2.05, 4.69) is 30.7 Å². The van der Waals surface area contributed by atoms with Crippen LogP contribution < -0.4 is 15.4 Å². The lowest BCUT2D eigenvalue weighted by Crippen LogP contribution is -2.42. The topological polar surface area (TPSA) is 145 Å². The van der Waals surface area contributed by atoms with Crippen LogP contribution in [0.15, 0.2) is 57.9 Å². The predicted molar refractivity (Wildman–Crippen MR) is 152 cm³/mol. The third-order valence-corrected chi connectivity index (χ3v) is 6.60. The van der Waals surface area contributed by atoms with Crippen LogP contribution >= 0.6 is 0 Å². The molecular weight excluding hydrogens is 581 g/mol. The van der Waals surface area contributed by atoms with Gasteiger partial charge in [-0.3, -0.25) is 14.6 Å². The van der Waals surface area contributed by atoms with Crippen molar-refractivity contribution in [3.63, 3.8) is 0 Å². The van der Waals surface area contributed by atoms with Gasteiger partial charge in [0, 0.05) is 34.0 Å². The molecule has 1 atom stereocenters. The molecule has 5 aromatic rings. The van der Waals surface area contributed by atoms with E-state index in [4.69, 9.17) is 17.8 Å². The highest BCUT2D eigenvalue weighted by atomic mass is 19.4. The molecule has 0 bridgehead atoms. The molecule has 0 spiro atoms. The number of aromatic nitrogens is 4. The number of carbonyl (C=O) groups excluding carboxylic acids is 2. The molecular formula is C30H27F3N6O5. The van der Waals surface area contributed by atoms with Gasteiger partial charge in [-0.25, -0.2) is 0 Å². The molecule has 1 aromatic carbocycles. The second-order valence-electron chi connectivity index (χ2n) is 10.0. The summed E-state index contributed by atoms with van der Waals surface area (Å²) in [7, 11) is 1.41. The lowest BCUT2D eigenvalue weighted by Gasteiger charge is -2.23. The third-order valence-electron chi connectivity index (χ3n) is 6.60. The third kappa shape index (κ3) is 6.09. The zero-order valence-electron chi connectivity index (χ0n) is 26.8. The minimum absolute atomic E-state index is 0.0542. The van der Waals surface area contributed by atoms with E-state index in [-0.39, 0.29) is 50.6 Å². The molecule has 0 aliphatic rings. The summed E-state index contributed by atoms with van der Waals surface area (Å²) in [6, 6.07) is 9.69. The molecule has 228 valence electrons. The monoisotopic (exact) mass is 611 g/mol. The van der Waals surface area contributed by atoms with E-state index in [0.717, 1.165) is 12.0 Å². The van der Waals surface area contributed by atoms with Crippen molar-refractivity contribution in [2.24, 2.45) is 0 Å². The number of furan rings is 1. The molecule has 0 aliphatic heterocycles. The van der Waals surface area contributed by atoms with Gasteiger partial charge in [-0.1, -0.05) is 35.0 Å². The molecule has 5 rings (SSSR count). The molecule has 11 nitrogen and oxygen atoms in total. The summed E-state index contributed by atoms with van der Waals surface area (Å²) in [4.78, 5) is 39.0. The number of pyridine rings is 2. The Bertz CT molecular complexity index is 1960. The highest BCUT2D eigenvalue weighted by Gasteiger charge is 2.32. The first-order valence-electron chi connectivity index (χ1n) is 14.5. The van der Waals surface area contributed by atoms with Gasteiger partial charge in [0.15, 0.2) is 12.4 Å². The number of rotatable bonds is 8. The number of fused-ring (bicyclic) bond motifs is 1. The molecule has 4 aromatic heterocycles. The Morgan fingerprint density at radius 1 is 1.07 bits per heavy atom. The number of hydrogen-bond acceptors (Lipinski definition) is 9. The number of ether oxygens (including phenoxy) is 1. The second kappa shape index (κ2) is 11.4. The van der Waals surface area contributed by atoms with Crippen LogP contribution in [-0.2, 0) is 5.54 Å². The molecule has 4 heterocycles. The maximum atomic E-state index is 13.6. The summed E-state index contributed by atoms with van der Waals surface area (Å²) in [5, 5.41) is 8.71. The van der Waals surface area contributed by atoms with Crippen LogP contribution in [0.5, 0.6) is 5.88 Å². The highest BCUT2D eigenvalue weighted by molar-refractivity contribution is 6.11. The Kier molecular flexibility index (Phi) is 6.85. The molecule has 14 heteroatoms. The molecule has 0 radical (unpaired) electrons. The molecule has 2 amide bonds. The largest absolute Gasteiger partial charge is 0.467 e. The summed E-state index contributed by atoms with van der Waals surface area (Å²) in [6.07, 6.45) is -2.54. The molecule has 1 unspecified atom stereocenters.